The van der Waals surface area contributed by atoms with Crippen molar-refractivity contribution in [2.45, 2.75) is 64.7 Å². The average molecular weight is 292 g/mol. The van der Waals surface area contributed by atoms with Gasteiger partial charge in [0.05, 0.1) is 6.16 Å². The molecule has 19 heavy (non-hydrogen) atoms. The Morgan fingerprint density at radius 3 is 1.95 bits per heavy atom. The Bertz CT molecular complexity index is 271. The molecule has 114 valence electrons. The Morgan fingerprint density at radius 1 is 0.895 bits per heavy atom. The Labute approximate surface area is 117 Å². The van der Waals surface area contributed by atoms with E-state index in [1.54, 1.807) is 0 Å². The van der Waals surface area contributed by atoms with Crippen molar-refractivity contribution in [2.75, 3.05) is 20.4 Å². The summed E-state index contributed by atoms with van der Waals surface area (Å²) in [4.78, 5) is 11.6. The highest BCUT2D eigenvalue weighted by Gasteiger charge is 2.21. The minimum absolute atomic E-state index is 0.155. The molecule has 0 saturated heterocycles. The first-order valence-corrected chi connectivity index (χ1v) is 9.03. The van der Waals surface area contributed by atoms with Crippen molar-refractivity contribution in [3.8, 4) is 0 Å². The predicted octanol–water partition coefficient (Wildman–Crippen LogP) is 4.57. The zero-order chi connectivity index (χ0) is 14.6. The van der Waals surface area contributed by atoms with Crippen LogP contribution in [0.4, 0.5) is 0 Å². The normalized spacial score (nSPS) is 11.7. The lowest BCUT2D eigenvalue weighted by Crippen LogP contribution is -2.03. The van der Waals surface area contributed by atoms with E-state index < -0.39 is 7.60 Å². The maximum absolute atomic E-state index is 11.7. The molecule has 0 spiro atoms. The maximum Gasteiger partial charge on any atom is 0.330 e. The van der Waals surface area contributed by atoms with Crippen LogP contribution in [-0.4, -0.2) is 26.2 Å². The van der Waals surface area contributed by atoms with Crippen molar-refractivity contribution in [2.24, 2.45) is 0 Å². The van der Waals surface area contributed by atoms with E-state index in [9.17, 15) is 9.36 Å². The molecular weight excluding hydrogens is 263 g/mol. The molecule has 0 rings (SSSR count). The van der Waals surface area contributed by atoms with E-state index in [0.717, 1.165) is 12.8 Å². The standard InChI is InChI=1S/C14H29O4P/c1-4-5-6-7-8-9-10-11-14(15)12-13-19(16,17-2)18-3/h4-13H2,1-3H3. The van der Waals surface area contributed by atoms with Crippen LogP contribution in [0.3, 0.4) is 0 Å². The molecule has 0 aliphatic heterocycles. The van der Waals surface area contributed by atoms with E-state index in [1.807, 2.05) is 0 Å². The van der Waals surface area contributed by atoms with Crippen LogP contribution in [0.1, 0.15) is 64.7 Å². The second-order valence-electron chi connectivity index (χ2n) is 4.86. The predicted molar refractivity (Wildman–Crippen MR) is 78.7 cm³/mol. The minimum Gasteiger partial charge on any atom is -0.312 e. The monoisotopic (exact) mass is 292 g/mol. The largest absolute Gasteiger partial charge is 0.330 e. The van der Waals surface area contributed by atoms with Crippen LogP contribution < -0.4 is 0 Å². The lowest BCUT2D eigenvalue weighted by Gasteiger charge is -2.12. The summed E-state index contributed by atoms with van der Waals surface area (Å²) in [7, 11) is -0.309. The molecule has 0 amide bonds. The number of ketones is 1. The van der Waals surface area contributed by atoms with Gasteiger partial charge >= 0.3 is 7.60 Å². The lowest BCUT2D eigenvalue weighted by atomic mass is 10.1. The molecule has 4 nitrogen and oxygen atoms in total. The van der Waals surface area contributed by atoms with Gasteiger partial charge in [-0.2, -0.15) is 0 Å². The van der Waals surface area contributed by atoms with E-state index >= 15 is 0 Å². The summed E-state index contributed by atoms with van der Waals surface area (Å²) in [5.41, 5.74) is 0. The molecule has 0 N–H and O–H groups in total. The fraction of sp³-hybridized carbons (Fsp3) is 0.929. The van der Waals surface area contributed by atoms with Crippen molar-refractivity contribution >= 4 is 13.4 Å². The first-order chi connectivity index (χ1) is 9.08. The maximum atomic E-state index is 11.7. The molecule has 0 aromatic heterocycles. The molecule has 0 aromatic carbocycles. The number of carbonyl (C=O) groups excluding carboxylic acids is 1. The molecule has 0 aliphatic carbocycles. The summed E-state index contributed by atoms with van der Waals surface area (Å²) >= 11 is 0. The number of rotatable bonds is 13. The first kappa shape index (κ1) is 18.8. The Hall–Kier alpha value is -0.180. The molecular formula is C14H29O4P. The summed E-state index contributed by atoms with van der Waals surface area (Å²) < 4.78 is 21.3. The Kier molecular flexibility index (Phi) is 11.5. The molecule has 0 saturated carbocycles. The Balaban J connectivity index is 3.52. The zero-order valence-corrected chi connectivity index (χ0v) is 13.5. The van der Waals surface area contributed by atoms with Gasteiger partial charge < -0.3 is 9.05 Å². The quantitative estimate of drug-likeness (QED) is 0.368. The molecule has 5 heteroatoms. The number of unbranched alkanes of at least 4 members (excludes halogenated alkanes) is 6. The van der Waals surface area contributed by atoms with Gasteiger partial charge in [0, 0.05) is 27.1 Å². The van der Waals surface area contributed by atoms with Crippen molar-refractivity contribution in [1.29, 1.82) is 0 Å². The van der Waals surface area contributed by atoms with Gasteiger partial charge in [-0.25, -0.2) is 0 Å². The first-order valence-electron chi connectivity index (χ1n) is 7.30. The van der Waals surface area contributed by atoms with E-state index in [-0.39, 0.29) is 18.4 Å². The molecule has 0 aromatic rings. The van der Waals surface area contributed by atoms with Crippen molar-refractivity contribution < 1.29 is 18.4 Å². The van der Waals surface area contributed by atoms with Crippen LogP contribution in [-0.2, 0) is 18.4 Å². The summed E-state index contributed by atoms with van der Waals surface area (Å²) in [6, 6.07) is 0. The molecule has 0 bridgehead atoms. The Morgan fingerprint density at radius 2 is 1.42 bits per heavy atom. The highest BCUT2D eigenvalue weighted by molar-refractivity contribution is 7.53. The fourth-order valence-electron chi connectivity index (χ4n) is 1.92. The molecule has 0 unspecified atom stereocenters. The van der Waals surface area contributed by atoms with E-state index in [2.05, 4.69) is 6.92 Å². The summed E-state index contributed by atoms with van der Waals surface area (Å²) in [6.07, 6.45) is 9.46. The molecule has 0 fully saturated rings. The highest BCUT2D eigenvalue weighted by atomic mass is 31.2. The number of Topliss-reactive ketones (excluding diaryl/α,β-unsaturated/α-hetero) is 1. The third kappa shape index (κ3) is 10.3. The van der Waals surface area contributed by atoms with Gasteiger partial charge in [-0.05, 0) is 6.42 Å². The topological polar surface area (TPSA) is 52.6 Å². The van der Waals surface area contributed by atoms with Crippen LogP contribution in [0.5, 0.6) is 0 Å². The van der Waals surface area contributed by atoms with Crippen LogP contribution in [0.15, 0.2) is 0 Å². The van der Waals surface area contributed by atoms with E-state index in [0.29, 0.717) is 6.42 Å². The van der Waals surface area contributed by atoms with Crippen LogP contribution in [0.2, 0.25) is 0 Å². The van der Waals surface area contributed by atoms with Gasteiger partial charge in [0.2, 0.25) is 0 Å². The van der Waals surface area contributed by atoms with Gasteiger partial charge in [0.25, 0.3) is 0 Å². The van der Waals surface area contributed by atoms with Crippen LogP contribution in [0, 0.1) is 0 Å². The second-order valence-corrected chi connectivity index (χ2v) is 7.26. The van der Waals surface area contributed by atoms with Crippen molar-refractivity contribution in [1.82, 2.24) is 0 Å². The number of hydrogen-bond acceptors (Lipinski definition) is 4. The minimum atomic E-state index is -3.01. The van der Waals surface area contributed by atoms with E-state index in [1.165, 1.54) is 46.3 Å². The van der Waals surface area contributed by atoms with Crippen molar-refractivity contribution in [3.63, 3.8) is 0 Å². The van der Waals surface area contributed by atoms with Gasteiger partial charge in [0.15, 0.2) is 0 Å². The molecule has 0 heterocycles. The zero-order valence-electron chi connectivity index (χ0n) is 12.7. The average Bonchev–Trinajstić information content (AvgIpc) is 2.44. The summed E-state index contributed by atoms with van der Waals surface area (Å²) in [6.45, 7) is 2.21. The third-order valence-corrected chi connectivity index (χ3v) is 5.16. The van der Waals surface area contributed by atoms with Crippen LogP contribution in [0.25, 0.3) is 0 Å². The second kappa shape index (κ2) is 11.6. The number of hydrogen-bond donors (Lipinski definition) is 0. The fourth-order valence-corrected chi connectivity index (χ4v) is 2.96. The third-order valence-electron chi connectivity index (χ3n) is 3.28. The highest BCUT2D eigenvalue weighted by Crippen LogP contribution is 2.46. The van der Waals surface area contributed by atoms with E-state index in [4.69, 9.17) is 9.05 Å². The van der Waals surface area contributed by atoms with Gasteiger partial charge in [0.1, 0.15) is 5.78 Å². The molecule has 0 atom stereocenters. The number of carbonyl (C=O) groups is 1. The molecule has 0 aliphatic rings. The van der Waals surface area contributed by atoms with Crippen LogP contribution >= 0.6 is 7.60 Å². The molecule has 0 radical (unpaired) electrons. The lowest BCUT2D eigenvalue weighted by molar-refractivity contribution is -0.118. The smallest absolute Gasteiger partial charge is 0.312 e. The van der Waals surface area contributed by atoms with Gasteiger partial charge in [-0.15, -0.1) is 0 Å². The SMILES string of the molecule is CCCCCCCCCC(=O)CCP(=O)(OC)OC. The van der Waals surface area contributed by atoms with Gasteiger partial charge in [-0.1, -0.05) is 45.4 Å². The van der Waals surface area contributed by atoms with Gasteiger partial charge in [-0.3, -0.25) is 9.36 Å². The summed E-state index contributed by atoms with van der Waals surface area (Å²) in [5.74, 6) is 0.155. The van der Waals surface area contributed by atoms with Crippen molar-refractivity contribution in [3.05, 3.63) is 0 Å². The summed E-state index contributed by atoms with van der Waals surface area (Å²) in [5, 5.41) is 0.